The van der Waals surface area contributed by atoms with E-state index in [9.17, 15) is 0 Å². The average Bonchev–Trinajstić information content (AvgIpc) is 2.85. The van der Waals surface area contributed by atoms with Crippen LogP contribution in [0.1, 0.15) is 33.6 Å². The van der Waals surface area contributed by atoms with Gasteiger partial charge in [-0.25, -0.2) is 0 Å². The topological polar surface area (TPSA) is 42.9 Å². The second kappa shape index (κ2) is 8.16. The zero-order valence-electron chi connectivity index (χ0n) is 15.1. The monoisotopic (exact) mass is 309 g/mol. The molecule has 0 aromatic heterocycles. The lowest BCUT2D eigenvalue weighted by Crippen LogP contribution is -2.49. The first-order valence-electron chi connectivity index (χ1n) is 8.89. The van der Waals surface area contributed by atoms with Crippen molar-refractivity contribution in [2.45, 2.75) is 45.7 Å². The molecule has 5 nitrogen and oxygen atoms in total. The molecule has 22 heavy (non-hydrogen) atoms. The molecule has 2 N–H and O–H groups in total. The minimum atomic E-state index is 0.502. The van der Waals surface area contributed by atoms with Crippen molar-refractivity contribution in [1.29, 1.82) is 0 Å². The van der Waals surface area contributed by atoms with Gasteiger partial charge >= 0.3 is 0 Å². The number of nitrogens with zero attached hydrogens (tertiary/aromatic N) is 3. The number of rotatable bonds is 4. The van der Waals surface area contributed by atoms with Crippen LogP contribution in [0.4, 0.5) is 0 Å². The molecule has 3 atom stereocenters. The summed E-state index contributed by atoms with van der Waals surface area (Å²) in [6.45, 7) is 12.7. The molecule has 2 fully saturated rings. The van der Waals surface area contributed by atoms with E-state index < -0.39 is 0 Å². The molecule has 0 saturated carbocycles. The first-order valence-corrected chi connectivity index (χ1v) is 8.89. The maximum absolute atomic E-state index is 4.42. The molecular weight excluding hydrogens is 274 g/mol. The summed E-state index contributed by atoms with van der Waals surface area (Å²) in [6, 6.07) is 1.13. The highest BCUT2D eigenvalue weighted by molar-refractivity contribution is 5.80. The summed E-state index contributed by atoms with van der Waals surface area (Å²) in [5.74, 6) is 2.38. The summed E-state index contributed by atoms with van der Waals surface area (Å²) in [5.41, 5.74) is 0. The molecule has 5 heteroatoms. The van der Waals surface area contributed by atoms with Gasteiger partial charge in [0.1, 0.15) is 0 Å². The first kappa shape index (κ1) is 17.5. The van der Waals surface area contributed by atoms with E-state index in [1.807, 2.05) is 7.05 Å². The highest BCUT2D eigenvalue weighted by Crippen LogP contribution is 2.18. The summed E-state index contributed by atoms with van der Waals surface area (Å²) >= 11 is 0. The normalized spacial score (nSPS) is 31.7. The molecule has 0 aliphatic carbocycles. The van der Waals surface area contributed by atoms with Gasteiger partial charge in [-0.15, -0.1) is 0 Å². The zero-order valence-corrected chi connectivity index (χ0v) is 15.1. The molecule has 3 unspecified atom stereocenters. The van der Waals surface area contributed by atoms with Crippen molar-refractivity contribution in [1.82, 2.24) is 20.4 Å². The number of likely N-dealkylation sites (tertiary alicyclic amines) is 2. The average molecular weight is 310 g/mol. The Balaban J connectivity index is 1.77. The molecule has 0 spiro atoms. The molecule has 0 amide bonds. The maximum atomic E-state index is 4.42. The van der Waals surface area contributed by atoms with Gasteiger partial charge in [0.25, 0.3) is 0 Å². The Bertz CT molecular complexity index is 368. The van der Waals surface area contributed by atoms with Gasteiger partial charge in [-0.3, -0.25) is 9.89 Å². The van der Waals surface area contributed by atoms with Gasteiger partial charge in [-0.1, -0.05) is 6.92 Å². The fraction of sp³-hybridized carbons (Fsp3) is 0.941. The summed E-state index contributed by atoms with van der Waals surface area (Å²) < 4.78 is 0. The first-order chi connectivity index (χ1) is 10.5. The highest BCUT2D eigenvalue weighted by Gasteiger charge is 2.31. The Morgan fingerprint density at radius 2 is 2.05 bits per heavy atom. The quantitative estimate of drug-likeness (QED) is 0.605. The molecule has 0 aromatic rings. The maximum Gasteiger partial charge on any atom is 0.191 e. The third-order valence-electron chi connectivity index (χ3n) is 5.20. The molecule has 2 rings (SSSR count). The van der Waals surface area contributed by atoms with E-state index >= 15 is 0 Å². The van der Waals surface area contributed by atoms with Crippen LogP contribution in [0.5, 0.6) is 0 Å². The Kier molecular flexibility index (Phi) is 6.50. The van der Waals surface area contributed by atoms with Gasteiger partial charge in [-0.2, -0.15) is 0 Å². The molecule has 128 valence electrons. The number of hydrogen-bond acceptors (Lipinski definition) is 3. The lowest BCUT2D eigenvalue weighted by Gasteiger charge is -2.30. The highest BCUT2D eigenvalue weighted by atomic mass is 15.3. The van der Waals surface area contributed by atoms with Crippen LogP contribution in [0.3, 0.4) is 0 Å². The van der Waals surface area contributed by atoms with Gasteiger partial charge in [0.2, 0.25) is 0 Å². The second-order valence-electron chi connectivity index (χ2n) is 7.50. The molecule has 2 saturated heterocycles. The van der Waals surface area contributed by atoms with Crippen molar-refractivity contribution in [2.75, 3.05) is 46.8 Å². The number of hydrogen-bond donors (Lipinski definition) is 2. The SMILES string of the molecule is CN=C(NCC1CCCN(C)C1)NC1CN(C(C)C)CC1C. The summed E-state index contributed by atoms with van der Waals surface area (Å²) in [5, 5.41) is 7.18. The zero-order chi connectivity index (χ0) is 16.1. The third-order valence-corrected chi connectivity index (χ3v) is 5.20. The third kappa shape index (κ3) is 4.85. The standard InChI is InChI=1S/C17H35N5/c1-13(2)22-10-14(3)16(12-22)20-17(18-4)19-9-15-7-6-8-21(5)11-15/h13-16H,6-12H2,1-5H3,(H2,18,19,20). The van der Waals surface area contributed by atoms with Gasteiger partial charge in [-0.05, 0) is 52.1 Å². The largest absolute Gasteiger partial charge is 0.356 e. The van der Waals surface area contributed by atoms with Crippen LogP contribution >= 0.6 is 0 Å². The van der Waals surface area contributed by atoms with Crippen LogP contribution in [-0.4, -0.2) is 74.7 Å². The lowest BCUT2D eigenvalue weighted by atomic mass is 9.98. The van der Waals surface area contributed by atoms with Crippen LogP contribution in [0, 0.1) is 11.8 Å². The van der Waals surface area contributed by atoms with Crippen LogP contribution < -0.4 is 10.6 Å². The summed E-state index contributed by atoms with van der Waals surface area (Å²) in [7, 11) is 4.10. The Morgan fingerprint density at radius 1 is 1.27 bits per heavy atom. The van der Waals surface area contributed by atoms with E-state index in [2.05, 4.69) is 53.2 Å². The van der Waals surface area contributed by atoms with Crippen molar-refractivity contribution in [3.63, 3.8) is 0 Å². The number of nitrogens with one attached hydrogen (secondary N) is 2. The minimum Gasteiger partial charge on any atom is -0.356 e. The fourth-order valence-corrected chi connectivity index (χ4v) is 3.66. The predicted molar refractivity (Wildman–Crippen MR) is 94.4 cm³/mol. The van der Waals surface area contributed by atoms with Gasteiger partial charge in [0.15, 0.2) is 5.96 Å². The smallest absolute Gasteiger partial charge is 0.191 e. The van der Waals surface area contributed by atoms with Crippen molar-refractivity contribution in [3.05, 3.63) is 0 Å². The van der Waals surface area contributed by atoms with E-state index in [0.717, 1.165) is 25.0 Å². The minimum absolute atomic E-state index is 0.502. The molecule has 0 aromatic carbocycles. The molecule has 0 bridgehead atoms. The van der Waals surface area contributed by atoms with E-state index in [-0.39, 0.29) is 0 Å². The van der Waals surface area contributed by atoms with Gasteiger partial charge in [0.05, 0.1) is 0 Å². The van der Waals surface area contributed by atoms with Crippen LogP contribution in [0.2, 0.25) is 0 Å². The number of guanidine groups is 1. The van der Waals surface area contributed by atoms with E-state index in [1.165, 1.54) is 32.5 Å². The Hall–Kier alpha value is -0.810. The van der Waals surface area contributed by atoms with Crippen molar-refractivity contribution < 1.29 is 0 Å². The van der Waals surface area contributed by atoms with Crippen LogP contribution in [0.15, 0.2) is 4.99 Å². The molecular formula is C17H35N5. The Labute approximate surface area is 136 Å². The van der Waals surface area contributed by atoms with Crippen LogP contribution in [0.25, 0.3) is 0 Å². The van der Waals surface area contributed by atoms with E-state index in [4.69, 9.17) is 0 Å². The van der Waals surface area contributed by atoms with Gasteiger partial charge < -0.3 is 15.5 Å². The van der Waals surface area contributed by atoms with E-state index in [1.54, 1.807) is 0 Å². The number of piperidine rings is 1. The summed E-state index contributed by atoms with van der Waals surface area (Å²) in [4.78, 5) is 9.41. The molecule has 2 heterocycles. The number of aliphatic imine (C=N–C) groups is 1. The van der Waals surface area contributed by atoms with Crippen LogP contribution in [-0.2, 0) is 0 Å². The second-order valence-corrected chi connectivity index (χ2v) is 7.50. The molecule has 2 aliphatic rings. The summed E-state index contributed by atoms with van der Waals surface area (Å²) in [6.07, 6.45) is 2.65. The molecule has 0 radical (unpaired) electrons. The van der Waals surface area contributed by atoms with Gasteiger partial charge in [0, 0.05) is 45.3 Å². The predicted octanol–water partition coefficient (Wildman–Crippen LogP) is 1.22. The van der Waals surface area contributed by atoms with Crippen molar-refractivity contribution >= 4 is 5.96 Å². The van der Waals surface area contributed by atoms with E-state index in [0.29, 0.717) is 18.0 Å². The van der Waals surface area contributed by atoms with Crippen molar-refractivity contribution in [3.8, 4) is 0 Å². The van der Waals surface area contributed by atoms with Crippen molar-refractivity contribution in [2.24, 2.45) is 16.8 Å². The molecule has 2 aliphatic heterocycles. The lowest BCUT2D eigenvalue weighted by molar-refractivity contribution is 0.210. The fourth-order valence-electron chi connectivity index (χ4n) is 3.66. The Morgan fingerprint density at radius 3 is 2.64 bits per heavy atom.